The van der Waals surface area contributed by atoms with Gasteiger partial charge in [-0.05, 0) is 25.0 Å². The van der Waals surface area contributed by atoms with E-state index in [1.54, 1.807) is 12.1 Å². The average Bonchev–Trinajstić information content (AvgIpc) is 2.50. The fraction of sp³-hybridized carbons (Fsp3) is 0.500. The van der Waals surface area contributed by atoms with Gasteiger partial charge in [-0.2, -0.15) is 0 Å². The van der Waals surface area contributed by atoms with Crippen LogP contribution in [0.25, 0.3) is 0 Å². The summed E-state index contributed by atoms with van der Waals surface area (Å²) in [6.45, 7) is 0.287. The van der Waals surface area contributed by atoms with E-state index in [1.165, 1.54) is 18.6 Å². The van der Waals surface area contributed by atoms with E-state index >= 15 is 0 Å². The molecular weight excluding hydrogens is 271 g/mol. The normalized spacial score (nSPS) is 15.5. The fourth-order valence-electron chi connectivity index (χ4n) is 2.58. The number of para-hydroxylation sites is 1. The molecule has 1 aliphatic rings. The number of hydrogen-bond donors (Lipinski definition) is 2. The van der Waals surface area contributed by atoms with Crippen molar-refractivity contribution < 1.29 is 14.0 Å². The van der Waals surface area contributed by atoms with Gasteiger partial charge in [0.15, 0.2) is 0 Å². The summed E-state index contributed by atoms with van der Waals surface area (Å²) in [5.41, 5.74) is 0.168. The van der Waals surface area contributed by atoms with Crippen LogP contribution < -0.4 is 10.6 Å². The molecule has 4 nitrogen and oxygen atoms in total. The Labute approximate surface area is 124 Å². The molecule has 1 aliphatic carbocycles. The van der Waals surface area contributed by atoms with Gasteiger partial charge >= 0.3 is 0 Å². The van der Waals surface area contributed by atoms with Crippen LogP contribution in [-0.2, 0) is 9.59 Å². The van der Waals surface area contributed by atoms with E-state index in [9.17, 15) is 14.0 Å². The summed E-state index contributed by atoms with van der Waals surface area (Å²) in [4.78, 5) is 23.6. The maximum Gasteiger partial charge on any atom is 0.226 e. The zero-order valence-electron chi connectivity index (χ0n) is 12.0. The Morgan fingerprint density at radius 1 is 1.14 bits per heavy atom. The van der Waals surface area contributed by atoms with Crippen LogP contribution >= 0.6 is 0 Å². The lowest BCUT2D eigenvalue weighted by molar-refractivity contribution is -0.126. The maximum absolute atomic E-state index is 13.4. The SMILES string of the molecule is O=C(CCNC(=O)C1CCCCC1)Nc1ccccc1F. The smallest absolute Gasteiger partial charge is 0.226 e. The molecule has 0 heterocycles. The molecule has 5 heteroatoms. The molecule has 1 aromatic carbocycles. The zero-order chi connectivity index (χ0) is 15.1. The molecule has 1 aromatic rings. The van der Waals surface area contributed by atoms with Crippen LogP contribution in [0.4, 0.5) is 10.1 Å². The number of carbonyl (C=O) groups is 2. The summed E-state index contributed by atoms with van der Waals surface area (Å²) in [5, 5.41) is 5.29. The van der Waals surface area contributed by atoms with Crippen molar-refractivity contribution in [2.75, 3.05) is 11.9 Å². The number of carbonyl (C=O) groups excluding carboxylic acids is 2. The third-order valence-corrected chi connectivity index (χ3v) is 3.78. The summed E-state index contributed by atoms with van der Waals surface area (Å²) in [6, 6.07) is 6.02. The first-order chi connectivity index (χ1) is 10.2. The monoisotopic (exact) mass is 292 g/mol. The minimum absolute atomic E-state index is 0.0355. The van der Waals surface area contributed by atoms with Crippen LogP contribution in [0.3, 0.4) is 0 Å². The largest absolute Gasteiger partial charge is 0.355 e. The number of rotatable bonds is 5. The van der Waals surface area contributed by atoms with Crippen molar-refractivity contribution in [2.45, 2.75) is 38.5 Å². The molecule has 2 rings (SSSR count). The minimum atomic E-state index is -0.461. The number of benzene rings is 1. The second-order valence-electron chi connectivity index (χ2n) is 5.40. The third-order valence-electron chi connectivity index (χ3n) is 3.78. The van der Waals surface area contributed by atoms with Crippen LogP contribution in [0.15, 0.2) is 24.3 Å². The molecule has 0 saturated heterocycles. The Kier molecular flexibility index (Phi) is 5.72. The van der Waals surface area contributed by atoms with Gasteiger partial charge in [-0.1, -0.05) is 31.4 Å². The number of halogens is 1. The molecule has 2 N–H and O–H groups in total. The fourth-order valence-corrected chi connectivity index (χ4v) is 2.58. The van der Waals surface area contributed by atoms with Crippen LogP contribution in [0.2, 0.25) is 0 Å². The Hall–Kier alpha value is -1.91. The van der Waals surface area contributed by atoms with Crippen molar-refractivity contribution in [2.24, 2.45) is 5.92 Å². The lowest BCUT2D eigenvalue weighted by Crippen LogP contribution is -2.34. The number of nitrogens with one attached hydrogen (secondary N) is 2. The topological polar surface area (TPSA) is 58.2 Å². The van der Waals surface area contributed by atoms with Gasteiger partial charge in [0.1, 0.15) is 5.82 Å². The van der Waals surface area contributed by atoms with Crippen LogP contribution in [0.5, 0.6) is 0 Å². The molecule has 0 spiro atoms. The van der Waals surface area contributed by atoms with Crippen LogP contribution in [0.1, 0.15) is 38.5 Å². The molecule has 0 bridgehead atoms. The van der Waals surface area contributed by atoms with Crippen molar-refractivity contribution >= 4 is 17.5 Å². The Bertz CT molecular complexity index is 499. The number of amides is 2. The highest BCUT2D eigenvalue weighted by atomic mass is 19.1. The third kappa shape index (κ3) is 4.85. The zero-order valence-corrected chi connectivity index (χ0v) is 12.0. The molecule has 0 unspecified atom stereocenters. The lowest BCUT2D eigenvalue weighted by atomic mass is 9.89. The van der Waals surface area contributed by atoms with E-state index in [1.807, 2.05) is 0 Å². The standard InChI is InChI=1S/C16H21FN2O2/c17-13-8-4-5-9-14(13)19-15(20)10-11-18-16(21)12-6-2-1-3-7-12/h4-5,8-9,12H,1-3,6-7,10-11H2,(H,18,21)(H,19,20). The van der Waals surface area contributed by atoms with Crippen LogP contribution in [-0.4, -0.2) is 18.4 Å². The van der Waals surface area contributed by atoms with E-state index in [4.69, 9.17) is 0 Å². The predicted molar refractivity (Wildman–Crippen MR) is 79.2 cm³/mol. The first-order valence-electron chi connectivity index (χ1n) is 7.49. The van der Waals surface area contributed by atoms with Gasteiger partial charge in [0.05, 0.1) is 5.69 Å². The number of anilines is 1. The van der Waals surface area contributed by atoms with Gasteiger partial charge in [-0.3, -0.25) is 9.59 Å². The Morgan fingerprint density at radius 2 is 1.86 bits per heavy atom. The summed E-state index contributed by atoms with van der Waals surface area (Å²) in [6.07, 6.45) is 5.43. The van der Waals surface area contributed by atoms with E-state index in [0.717, 1.165) is 25.7 Å². The summed E-state index contributed by atoms with van der Waals surface area (Å²) in [7, 11) is 0. The molecule has 0 radical (unpaired) electrons. The van der Waals surface area contributed by atoms with Crippen molar-refractivity contribution in [3.8, 4) is 0 Å². The maximum atomic E-state index is 13.4. The molecular formula is C16H21FN2O2. The molecule has 1 saturated carbocycles. The first kappa shape index (κ1) is 15.5. The molecule has 21 heavy (non-hydrogen) atoms. The Balaban J connectivity index is 1.69. The van der Waals surface area contributed by atoms with Gasteiger partial charge in [0.2, 0.25) is 11.8 Å². The highest BCUT2D eigenvalue weighted by Crippen LogP contribution is 2.23. The second-order valence-corrected chi connectivity index (χ2v) is 5.40. The molecule has 0 aliphatic heterocycles. The predicted octanol–water partition coefficient (Wildman–Crippen LogP) is 2.85. The molecule has 0 atom stereocenters. The van der Waals surface area contributed by atoms with Gasteiger partial charge in [0, 0.05) is 18.9 Å². The van der Waals surface area contributed by atoms with Gasteiger partial charge in [-0.25, -0.2) is 4.39 Å². The summed E-state index contributed by atoms with van der Waals surface area (Å²) < 4.78 is 13.4. The summed E-state index contributed by atoms with van der Waals surface area (Å²) in [5.74, 6) is -0.636. The molecule has 0 aromatic heterocycles. The summed E-state index contributed by atoms with van der Waals surface area (Å²) >= 11 is 0. The van der Waals surface area contributed by atoms with E-state index in [2.05, 4.69) is 10.6 Å². The highest BCUT2D eigenvalue weighted by molar-refractivity contribution is 5.91. The average molecular weight is 292 g/mol. The second kappa shape index (κ2) is 7.76. The van der Waals surface area contributed by atoms with Gasteiger partial charge in [-0.15, -0.1) is 0 Å². The van der Waals surface area contributed by atoms with Crippen molar-refractivity contribution in [3.05, 3.63) is 30.1 Å². The minimum Gasteiger partial charge on any atom is -0.355 e. The Morgan fingerprint density at radius 3 is 2.57 bits per heavy atom. The first-order valence-corrected chi connectivity index (χ1v) is 7.49. The molecule has 114 valence electrons. The van der Waals surface area contributed by atoms with E-state index < -0.39 is 5.82 Å². The van der Waals surface area contributed by atoms with Gasteiger partial charge in [0.25, 0.3) is 0 Å². The quantitative estimate of drug-likeness (QED) is 0.876. The van der Waals surface area contributed by atoms with Crippen molar-refractivity contribution in [1.82, 2.24) is 5.32 Å². The molecule has 1 fully saturated rings. The van der Waals surface area contributed by atoms with Crippen molar-refractivity contribution in [1.29, 1.82) is 0 Å². The van der Waals surface area contributed by atoms with Gasteiger partial charge < -0.3 is 10.6 Å². The van der Waals surface area contributed by atoms with Crippen LogP contribution in [0, 0.1) is 11.7 Å². The lowest BCUT2D eigenvalue weighted by Gasteiger charge is -2.20. The number of hydrogen-bond acceptors (Lipinski definition) is 2. The van der Waals surface area contributed by atoms with Crippen molar-refractivity contribution in [3.63, 3.8) is 0 Å². The van der Waals surface area contributed by atoms with E-state index in [0.29, 0.717) is 0 Å². The molecule has 2 amide bonds. The van der Waals surface area contributed by atoms with E-state index in [-0.39, 0.29) is 36.4 Å². The highest BCUT2D eigenvalue weighted by Gasteiger charge is 2.20.